The van der Waals surface area contributed by atoms with E-state index in [4.69, 9.17) is 4.74 Å². The Labute approximate surface area is 153 Å². The summed E-state index contributed by atoms with van der Waals surface area (Å²) in [5.41, 5.74) is 2.98. The van der Waals surface area contributed by atoms with E-state index in [0.717, 1.165) is 22.9 Å². The highest BCUT2D eigenvalue weighted by Crippen LogP contribution is 2.22. The van der Waals surface area contributed by atoms with Gasteiger partial charge in [-0.1, -0.05) is 36.4 Å². The van der Waals surface area contributed by atoms with Gasteiger partial charge >= 0.3 is 0 Å². The summed E-state index contributed by atoms with van der Waals surface area (Å²) in [4.78, 5) is 12.1. The van der Waals surface area contributed by atoms with Crippen molar-refractivity contribution in [1.82, 2.24) is 0 Å². The molecule has 3 aromatic rings. The molecular weight excluding hydrogens is 324 g/mol. The van der Waals surface area contributed by atoms with E-state index < -0.39 is 0 Å². The first-order valence-corrected chi connectivity index (χ1v) is 8.63. The molecule has 0 aliphatic rings. The van der Waals surface area contributed by atoms with Gasteiger partial charge in [-0.25, -0.2) is 0 Å². The van der Waals surface area contributed by atoms with Gasteiger partial charge in [-0.2, -0.15) is 0 Å². The van der Waals surface area contributed by atoms with Gasteiger partial charge in [-0.05, 0) is 55.0 Å². The lowest BCUT2D eigenvalue weighted by Crippen LogP contribution is -2.16. The third-order valence-electron chi connectivity index (χ3n) is 3.93. The monoisotopic (exact) mass is 346 g/mol. The van der Waals surface area contributed by atoms with Crippen LogP contribution in [0.5, 0.6) is 11.5 Å². The third kappa shape index (κ3) is 5.11. The van der Waals surface area contributed by atoms with E-state index in [9.17, 15) is 4.79 Å². The van der Waals surface area contributed by atoms with Gasteiger partial charge in [0.1, 0.15) is 11.5 Å². The second-order valence-electron chi connectivity index (χ2n) is 5.98. The summed E-state index contributed by atoms with van der Waals surface area (Å²) in [6, 6.07) is 25.0. The molecule has 3 rings (SSSR count). The van der Waals surface area contributed by atoms with Gasteiger partial charge < -0.3 is 15.4 Å². The highest BCUT2D eigenvalue weighted by atomic mass is 16.5. The first-order chi connectivity index (χ1) is 12.7. The van der Waals surface area contributed by atoms with Crippen molar-refractivity contribution in [1.29, 1.82) is 0 Å². The van der Waals surface area contributed by atoms with Gasteiger partial charge in [-0.3, -0.25) is 4.79 Å². The summed E-state index contributed by atoms with van der Waals surface area (Å²) in [7, 11) is 0. The Bertz CT molecular complexity index is 846. The molecule has 132 valence electrons. The summed E-state index contributed by atoms with van der Waals surface area (Å²) in [5.74, 6) is 1.49. The lowest BCUT2D eigenvalue weighted by Gasteiger charge is -2.10. The normalized spacial score (nSPS) is 10.2. The number of anilines is 2. The number of amides is 1. The number of hydrogen-bond acceptors (Lipinski definition) is 3. The molecule has 26 heavy (non-hydrogen) atoms. The molecule has 0 saturated carbocycles. The average Bonchev–Trinajstić information content (AvgIpc) is 2.66. The Morgan fingerprint density at radius 3 is 2.23 bits per heavy atom. The molecule has 3 aromatic carbocycles. The van der Waals surface area contributed by atoms with Crippen LogP contribution in [0.25, 0.3) is 0 Å². The highest BCUT2D eigenvalue weighted by Gasteiger charge is 2.04. The predicted octanol–water partition coefficient (Wildman–Crippen LogP) is 5.23. The molecule has 0 heterocycles. The maximum Gasteiger partial charge on any atom is 0.226 e. The van der Waals surface area contributed by atoms with E-state index >= 15 is 0 Å². The van der Waals surface area contributed by atoms with Gasteiger partial charge in [0.15, 0.2) is 0 Å². The highest BCUT2D eigenvalue weighted by molar-refractivity contribution is 5.91. The fraction of sp³-hybridized carbons (Fsp3) is 0.136. The second-order valence-corrected chi connectivity index (χ2v) is 5.98. The number of para-hydroxylation sites is 2. The Morgan fingerprint density at radius 2 is 1.50 bits per heavy atom. The van der Waals surface area contributed by atoms with Gasteiger partial charge in [-0.15, -0.1) is 0 Å². The summed E-state index contributed by atoms with van der Waals surface area (Å²) in [6.45, 7) is 2.63. The van der Waals surface area contributed by atoms with Crippen LogP contribution in [-0.2, 0) is 4.79 Å². The Kier molecular flexibility index (Phi) is 5.88. The molecule has 0 atom stereocenters. The molecule has 0 radical (unpaired) electrons. The predicted molar refractivity (Wildman–Crippen MR) is 106 cm³/mol. The summed E-state index contributed by atoms with van der Waals surface area (Å²) in [5, 5.41) is 6.18. The molecule has 0 unspecified atom stereocenters. The number of aryl methyl sites for hydroxylation is 1. The van der Waals surface area contributed by atoms with Crippen molar-refractivity contribution >= 4 is 17.3 Å². The molecule has 1 amide bonds. The fourth-order valence-corrected chi connectivity index (χ4v) is 2.54. The van der Waals surface area contributed by atoms with Crippen molar-refractivity contribution in [2.45, 2.75) is 13.3 Å². The minimum atomic E-state index is -0.0252. The molecule has 0 aliphatic heterocycles. The molecule has 0 saturated heterocycles. The topological polar surface area (TPSA) is 50.4 Å². The first kappa shape index (κ1) is 17.5. The molecule has 0 aliphatic carbocycles. The van der Waals surface area contributed by atoms with Crippen LogP contribution in [0.3, 0.4) is 0 Å². The van der Waals surface area contributed by atoms with E-state index in [1.165, 1.54) is 5.56 Å². The van der Waals surface area contributed by atoms with Crippen LogP contribution in [0.1, 0.15) is 12.0 Å². The zero-order valence-electron chi connectivity index (χ0n) is 14.7. The third-order valence-corrected chi connectivity index (χ3v) is 3.93. The molecular formula is C22H22N2O2. The smallest absolute Gasteiger partial charge is 0.226 e. The van der Waals surface area contributed by atoms with Crippen LogP contribution >= 0.6 is 0 Å². The minimum absolute atomic E-state index is 0.0252. The standard InChI is InChI=1S/C22H22N2O2/c1-17-7-5-6-10-21(17)23-16-15-22(25)24-18-11-13-20(14-12-18)26-19-8-3-2-4-9-19/h2-14,23H,15-16H2,1H3,(H,24,25). The van der Waals surface area contributed by atoms with Crippen molar-refractivity contribution in [3.63, 3.8) is 0 Å². The Morgan fingerprint density at radius 1 is 0.846 bits per heavy atom. The minimum Gasteiger partial charge on any atom is -0.457 e. The maximum absolute atomic E-state index is 12.1. The molecule has 0 bridgehead atoms. The summed E-state index contributed by atoms with van der Waals surface area (Å²) < 4.78 is 5.74. The van der Waals surface area contributed by atoms with Crippen molar-refractivity contribution in [3.05, 3.63) is 84.4 Å². The van der Waals surface area contributed by atoms with E-state index in [2.05, 4.69) is 10.6 Å². The average molecular weight is 346 g/mol. The van der Waals surface area contributed by atoms with Gasteiger partial charge in [0.25, 0.3) is 0 Å². The van der Waals surface area contributed by atoms with Crippen LogP contribution in [0.4, 0.5) is 11.4 Å². The van der Waals surface area contributed by atoms with Gasteiger partial charge in [0.2, 0.25) is 5.91 Å². The zero-order chi connectivity index (χ0) is 18.2. The Hall–Kier alpha value is -3.27. The fourth-order valence-electron chi connectivity index (χ4n) is 2.54. The first-order valence-electron chi connectivity index (χ1n) is 8.63. The number of nitrogens with one attached hydrogen (secondary N) is 2. The maximum atomic E-state index is 12.1. The number of ether oxygens (including phenoxy) is 1. The number of rotatable bonds is 7. The zero-order valence-corrected chi connectivity index (χ0v) is 14.7. The molecule has 0 spiro atoms. The Balaban J connectivity index is 1.46. The number of hydrogen-bond donors (Lipinski definition) is 2. The van der Waals surface area contributed by atoms with Crippen molar-refractivity contribution < 1.29 is 9.53 Å². The van der Waals surface area contributed by atoms with Crippen molar-refractivity contribution in [2.75, 3.05) is 17.2 Å². The molecule has 0 fully saturated rings. The van der Waals surface area contributed by atoms with E-state index in [-0.39, 0.29) is 5.91 Å². The second kappa shape index (κ2) is 8.72. The van der Waals surface area contributed by atoms with E-state index in [1.807, 2.05) is 85.8 Å². The lowest BCUT2D eigenvalue weighted by molar-refractivity contribution is -0.115. The molecule has 0 aromatic heterocycles. The van der Waals surface area contributed by atoms with Gasteiger partial charge in [0, 0.05) is 24.3 Å². The van der Waals surface area contributed by atoms with Crippen LogP contribution in [-0.4, -0.2) is 12.5 Å². The molecule has 4 nitrogen and oxygen atoms in total. The SMILES string of the molecule is Cc1ccccc1NCCC(=O)Nc1ccc(Oc2ccccc2)cc1. The number of carbonyl (C=O) groups excluding carboxylic acids is 1. The quantitative estimate of drug-likeness (QED) is 0.616. The lowest BCUT2D eigenvalue weighted by atomic mass is 10.2. The molecule has 2 N–H and O–H groups in total. The molecule has 4 heteroatoms. The van der Waals surface area contributed by atoms with E-state index in [0.29, 0.717) is 13.0 Å². The van der Waals surface area contributed by atoms with Crippen molar-refractivity contribution in [2.24, 2.45) is 0 Å². The van der Waals surface area contributed by atoms with Crippen LogP contribution in [0.2, 0.25) is 0 Å². The summed E-state index contributed by atoms with van der Waals surface area (Å²) in [6.07, 6.45) is 0.399. The largest absolute Gasteiger partial charge is 0.457 e. The van der Waals surface area contributed by atoms with Crippen LogP contribution in [0.15, 0.2) is 78.9 Å². The summed E-state index contributed by atoms with van der Waals surface area (Å²) >= 11 is 0. The van der Waals surface area contributed by atoms with Crippen LogP contribution in [0, 0.1) is 6.92 Å². The van der Waals surface area contributed by atoms with Gasteiger partial charge in [0.05, 0.1) is 0 Å². The number of carbonyl (C=O) groups is 1. The number of benzene rings is 3. The van der Waals surface area contributed by atoms with E-state index in [1.54, 1.807) is 0 Å². The van der Waals surface area contributed by atoms with Crippen LogP contribution < -0.4 is 15.4 Å². The van der Waals surface area contributed by atoms with Crippen molar-refractivity contribution in [3.8, 4) is 11.5 Å².